The van der Waals surface area contributed by atoms with E-state index in [0.29, 0.717) is 19.6 Å². The van der Waals surface area contributed by atoms with Crippen molar-refractivity contribution in [3.63, 3.8) is 0 Å². The molecule has 0 aliphatic carbocycles. The zero-order valence-electron chi connectivity index (χ0n) is 12.7. The molecule has 0 aromatic rings. The van der Waals surface area contributed by atoms with Gasteiger partial charge in [-0.1, -0.05) is 34.6 Å². The first kappa shape index (κ1) is 17.4. The highest BCUT2D eigenvalue weighted by atomic mass is 16.5. The van der Waals surface area contributed by atoms with Crippen LogP contribution in [0.2, 0.25) is 0 Å². The highest BCUT2D eigenvalue weighted by molar-refractivity contribution is 5.76. The number of likely N-dealkylation sites (N-methyl/N-ethyl adjacent to an activating group) is 1. The summed E-state index contributed by atoms with van der Waals surface area (Å²) in [5, 5.41) is 2.88. The van der Waals surface area contributed by atoms with Crippen molar-refractivity contribution < 1.29 is 9.53 Å². The average molecular weight is 258 g/mol. The predicted molar refractivity (Wildman–Crippen MR) is 75.7 cm³/mol. The Morgan fingerprint density at radius 3 is 2.28 bits per heavy atom. The minimum absolute atomic E-state index is 0.0493. The van der Waals surface area contributed by atoms with E-state index in [0.717, 1.165) is 26.2 Å². The zero-order valence-corrected chi connectivity index (χ0v) is 12.7. The number of carbonyl (C=O) groups is 1. The van der Waals surface area contributed by atoms with Gasteiger partial charge in [0.2, 0.25) is 5.91 Å². The van der Waals surface area contributed by atoms with Crippen LogP contribution in [0.1, 0.15) is 41.0 Å². The van der Waals surface area contributed by atoms with Crippen molar-refractivity contribution in [2.24, 2.45) is 5.41 Å². The molecule has 0 atom stereocenters. The van der Waals surface area contributed by atoms with Crippen LogP contribution in [0.25, 0.3) is 0 Å². The van der Waals surface area contributed by atoms with Crippen LogP contribution in [0.4, 0.5) is 0 Å². The number of carbonyl (C=O) groups excluding carboxylic acids is 1. The molecule has 1 amide bonds. The number of nitrogens with zero attached hydrogens (tertiary/aromatic N) is 1. The van der Waals surface area contributed by atoms with Crippen molar-refractivity contribution in [3.8, 4) is 0 Å². The summed E-state index contributed by atoms with van der Waals surface area (Å²) in [6.45, 7) is 15.5. The molecule has 0 spiro atoms. The number of hydrogen-bond acceptors (Lipinski definition) is 3. The van der Waals surface area contributed by atoms with E-state index in [2.05, 4.69) is 44.8 Å². The van der Waals surface area contributed by atoms with Crippen LogP contribution in [-0.4, -0.2) is 50.2 Å². The first-order valence-corrected chi connectivity index (χ1v) is 6.96. The van der Waals surface area contributed by atoms with Crippen LogP contribution in [0.15, 0.2) is 0 Å². The lowest BCUT2D eigenvalue weighted by Crippen LogP contribution is -2.31. The lowest BCUT2D eigenvalue weighted by Gasteiger charge is -2.18. The Balaban J connectivity index is 3.43. The Kier molecular flexibility index (Phi) is 9.02. The highest BCUT2D eigenvalue weighted by Gasteiger charge is 2.15. The quantitative estimate of drug-likeness (QED) is 0.642. The third-order valence-corrected chi connectivity index (χ3v) is 2.71. The smallest absolute Gasteiger partial charge is 0.220 e. The molecule has 0 aromatic carbocycles. The molecule has 0 aliphatic heterocycles. The first-order valence-electron chi connectivity index (χ1n) is 6.96. The maximum atomic E-state index is 11.5. The topological polar surface area (TPSA) is 41.6 Å². The summed E-state index contributed by atoms with van der Waals surface area (Å²) in [6.07, 6.45) is 0.562. The molecule has 0 saturated heterocycles. The van der Waals surface area contributed by atoms with Crippen LogP contribution < -0.4 is 5.32 Å². The summed E-state index contributed by atoms with van der Waals surface area (Å²) < 4.78 is 5.49. The van der Waals surface area contributed by atoms with Crippen molar-refractivity contribution in [2.75, 3.05) is 39.4 Å². The predicted octanol–water partition coefficient (Wildman–Crippen LogP) is 1.90. The molecule has 0 saturated carbocycles. The van der Waals surface area contributed by atoms with Gasteiger partial charge in [0.05, 0.1) is 13.2 Å². The van der Waals surface area contributed by atoms with Gasteiger partial charge in [0.15, 0.2) is 0 Å². The van der Waals surface area contributed by atoms with Crippen LogP contribution in [-0.2, 0) is 9.53 Å². The summed E-state index contributed by atoms with van der Waals surface area (Å²) in [4.78, 5) is 13.8. The molecule has 0 aromatic heterocycles. The lowest BCUT2D eigenvalue weighted by molar-refractivity contribution is -0.123. The Hall–Kier alpha value is -0.610. The van der Waals surface area contributed by atoms with Gasteiger partial charge >= 0.3 is 0 Å². The van der Waals surface area contributed by atoms with Gasteiger partial charge in [0.25, 0.3) is 0 Å². The monoisotopic (exact) mass is 258 g/mol. The van der Waals surface area contributed by atoms with E-state index >= 15 is 0 Å². The molecule has 1 N–H and O–H groups in total. The minimum atomic E-state index is 0.0493. The fraction of sp³-hybridized carbons (Fsp3) is 0.929. The van der Waals surface area contributed by atoms with Crippen LogP contribution >= 0.6 is 0 Å². The molecule has 0 fully saturated rings. The van der Waals surface area contributed by atoms with Crippen molar-refractivity contribution in [1.82, 2.24) is 10.2 Å². The normalized spacial score (nSPS) is 11.9. The summed E-state index contributed by atoms with van der Waals surface area (Å²) >= 11 is 0. The summed E-state index contributed by atoms with van der Waals surface area (Å²) in [5.41, 5.74) is 0.0493. The average Bonchev–Trinajstić information content (AvgIpc) is 2.26. The SMILES string of the molecule is CCN(CC)CCOCCNC(=O)CC(C)(C)C. The Morgan fingerprint density at radius 1 is 1.17 bits per heavy atom. The van der Waals surface area contributed by atoms with E-state index in [4.69, 9.17) is 4.74 Å². The standard InChI is InChI=1S/C14H30N2O2/c1-6-16(7-2)9-11-18-10-8-15-13(17)12-14(3,4)5/h6-12H2,1-5H3,(H,15,17). The minimum Gasteiger partial charge on any atom is -0.378 e. The van der Waals surface area contributed by atoms with Gasteiger partial charge in [-0.05, 0) is 18.5 Å². The maximum Gasteiger partial charge on any atom is 0.220 e. The fourth-order valence-electron chi connectivity index (χ4n) is 1.64. The third-order valence-electron chi connectivity index (χ3n) is 2.71. The van der Waals surface area contributed by atoms with Gasteiger partial charge in [-0.15, -0.1) is 0 Å². The first-order chi connectivity index (χ1) is 8.39. The summed E-state index contributed by atoms with van der Waals surface area (Å²) in [7, 11) is 0. The molecule has 108 valence electrons. The summed E-state index contributed by atoms with van der Waals surface area (Å²) in [5.74, 6) is 0.106. The van der Waals surface area contributed by atoms with E-state index in [9.17, 15) is 4.79 Å². The number of ether oxygens (including phenoxy) is 1. The van der Waals surface area contributed by atoms with Gasteiger partial charge in [-0.25, -0.2) is 0 Å². The second-order valence-electron chi connectivity index (χ2n) is 5.73. The van der Waals surface area contributed by atoms with E-state index in [1.807, 2.05) is 0 Å². The van der Waals surface area contributed by atoms with Crippen molar-refractivity contribution >= 4 is 5.91 Å². The molecule has 18 heavy (non-hydrogen) atoms. The Labute approximate surface area is 112 Å². The number of rotatable bonds is 9. The van der Waals surface area contributed by atoms with Gasteiger partial charge in [0.1, 0.15) is 0 Å². The number of nitrogens with one attached hydrogen (secondary N) is 1. The molecule has 0 bridgehead atoms. The van der Waals surface area contributed by atoms with Gasteiger partial charge < -0.3 is 15.0 Å². The van der Waals surface area contributed by atoms with Crippen molar-refractivity contribution in [2.45, 2.75) is 41.0 Å². The highest BCUT2D eigenvalue weighted by Crippen LogP contribution is 2.17. The third kappa shape index (κ3) is 10.5. The molecule has 0 radical (unpaired) electrons. The van der Waals surface area contributed by atoms with Crippen LogP contribution in [0.3, 0.4) is 0 Å². The molecule has 0 unspecified atom stereocenters. The molecule has 4 nitrogen and oxygen atoms in total. The number of hydrogen-bond donors (Lipinski definition) is 1. The Morgan fingerprint density at radius 2 is 1.78 bits per heavy atom. The molecule has 0 heterocycles. The van der Waals surface area contributed by atoms with E-state index in [1.165, 1.54) is 0 Å². The van der Waals surface area contributed by atoms with Gasteiger partial charge in [-0.3, -0.25) is 4.79 Å². The van der Waals surface area contributed by atoms with Gasteiger partial charge in [-0.2, -0.15) is 0 Å². The number of amides is 1. The molecule has 0 aliphatic rings. The second-order valence-corrected chi connectivity index (χ2v) is 5.73. The summed E-state index contributed by atoms with van der Waals surface area (Å²) in [6, 6.07) is 0. The lowest BCUT2D eigenvalue weighted by atomic mass is 9.92. The van der Waals surface area contributed by atoms with E-state index in [-0.39, 0.29) is 11.3 Å². The van der Waals surface area contributed by atoms with Gasteiger partial charge in [0, 0.05) is 19.5 Å². The second kappa shape index (κ2) is 9.34. The zero-order chi connectivity index (χ0) is 14.0. The Bertz CT molecular complexity index is 220. The molecular weight excluding hydrogens is 228 g/mol. The maximum absolute atomic E-state index is 11.5. The van der Waals surface area contributed by atoms with Crippen molar-refractivity contribution in [3.05, 3.63) is 0 Å². The van der Waals surface area contributed by atoms with Crippen LogP contribution in [0.5, 0.6) is 0 Å². The van der Waals surface area contributed by atoms with E-state index in [1.54, 1.807) is 0 Å². The van der Waals surface area contributed by atoms with Crippen molar-refractivity contribution in [1.29, 1.82) is 0 Å². The largest absolute Gasteiger partial charge is 0.378 e. The molecule has 0 rings (SSSR count). The molecule has 4 heteroatoms. The fourth-order valence-corrected chi connectivity index (χ4v) is 1.64. The van der Waals surface area contributed by atoms with Crippen LogP contribution in [0, 0.1) is 5.41 Å². The van der Waals surface area contributed by atoms with E-state index < -0.39 is 0 Å². The molecular formula is C14H30N2O2.